The molecule has 0 aliphatic rings. The van der Waals surface area contributed by atoms with Crippen molar-refractivity contribution in [3.05, 3.63) is 51.9 Å². The second-order valence-corrected chi connectivity index (χ2v) is 5.04. The third kappa shape index (κ3) is 3.54. The number of carboxylic acid groups (broad SMARTS) is 1. The van der Waals surface area contributed by atoms with Crippen molar-refractivity contribution in [1.29, 1.82) is 0 Å². The van der Waals surface area contributed by atoms with Gasteiger partial charge in [-0.3, -0.25) is 0 Å². The van der Waals surface area contributed by atoms with Gasteiger partial charge in [-0.2, -0.15) is 4.98 Å². The Morgan fingerprint density at radius 3 is 2.59 bits per heavy atom. The molecule has 0 fully saturated rings. The minimum atomic E-state index is -1.17. The van der Waals surface area contributed by atoms with Crippen LogP contribution in [0.15, 0.2) is 24.3 Å². The Bertz CT molecular complexity index is 689. The molecule has 0 bridgehead atoms. The zero-order valence-corrected chi connectivity index (χ0v) is 13.2. The van der Waals surface area contributed by atoms with Crippen LogP contribution in [0.5, 0.6) is 5.88 Å². The summed E-state index contributed by atoms with van der Waals surface area (Å²) < 4.78 is 5.52. The lowest BCUT2D eigenvalue weighted by Crippen LogP contribution is -2.13. The van der Waals surface area contributed by atoms with Gasteiger partial charge in [-0.25, -0.2) is 9.78 Å². The fourth-order valence-electron chi connectivity index (χ4n) is 2.16. The van der Waals surface area contributed by atoms with Crippen LogP contribution in [0.25, 0.3) is 0 Å². The number of halogens is 1. The molecule has 1 heterocycles. The Labute approximate surface area is 133 Å². The third-order valence-corrected chi connectivity index (χ3v) is 3.56. The minimum Gasteiger partial charge on any atom is -0.478 e. The van der Waals surface area contributed by atoms with Gasteiger partial charge in [0.15, 0.2) is 0 Å². The van der Waals surface area contributed by atoms with Crippen molar-refractivity contribution in [2.75, 3.05) is 6.61 Å². The number of rotatable bonds is 6. The molecular formula is C16H17ClN2O3. The molecule has 0 radical (unpaired) electrons. The first-order valence-electron chi connectivity index (χ1n) is 7.06. The lowest BCUT2D eigenvalue weighted by molar-refractivity contribution is 0.0681. The van der Waals surface area contributed by atoms with E-state index in [1.165, 1.54) is 0 Å². The van der Waals surface area contributed by atoms with Crippen LogP contribution in [0.3, 0.4) is 0 Å². The van der Waals surface area contributed by atoms with Crippen molar-refractivity contribution in [2.24, 2.45) is 0 Å². The SMILES string of the molecule is CCOc1nc(C(=O)O)nc(CC)c1Cc1ccccc1Cl. The fourth-order valence-corrected chi connectivity index (χ4v) is 2.36. The lowest BCUT2D eigenvalue weighted by atomic mass is 10.0. The zero-order valence-electron chi connectivity index (χ0n) is 12.5. The number of aromatic carboxylic acids is 1. The smallest absolute Gasteiger partial charge is 0.374 e. The molecule has 5 nitrogen and oxygen atoms in total. The molecule has 0 aliphatic carbocycles. The predicted molar refractivity (Wildman–Crippen MR) is 83.8 cm³/mol. The lowest BCUT2D eigenvalue weighted by Gasteiger charge is -2.14. The Morgan fingerprint density at radius 1 is 1.27 bits per heavy atom. The predicted octanol–water partition coefficient (Wildman–Crippen LogP) is 3.38. The highest BCUT2D eigenvalue weighted by molar-refractivity contribution is 6.31. The number of aromatic nitrogens is 2. The Hall–Kier alpha value is -2.14. The topological polar surface area (TPSA) is 72.3 Å². The maximum absolute atomic E-state index is 11.1. The van der Waals surface area contributed by atoms with Gasteiger partial charge in [-0.1, -0.05) is 36.7 Å². The summed E-state index contributed by atoms with van der Waals surface area (Å²) in [6.45, 7) is 4.14. The van der Waals surface area contributed by atoms with Crippen LogP contribution in [-0.4, -0.2) is 27.7 Å². The summed E-state index contributed by atoms with van der Waals surface area (Å²) in [5, 5.41) is 9.77. The molecule has 6 heteroatoms. The van der Waals surface area contributed by atoms with E-state index < -0.39 is 5.97 Å². The number of hydrogen-bond donors (Lipinski definition) is 1. The van der Waals surface area contributed by atoms with Crippen molar-refractivity contribution in [1.82, 2.24) is 9.97 Å². The first kappa shape index (κ1) is 16.2. The molecule has 0 aliphatic heterocycles. The highest BCUT2D eigenvalue weighted by Gasteiger charge is 2.19. The van der Waals surface area contributed by atoms with E-state index in [0.717, 1.165) is 11.1 Å². The van der Waals surface area contributed by atoms with Gasteiger partial charge in [0.2, 0.25) is 11.7 Å². The van der Waals surface area contributed by atoms with E-state index in [0.29, 0.717) is 36.0 Å². The van der Waals surface area contributed by atoms with Gasteiger partial charge in [0.05, 0.1) is 12.3 Å². The van der Waals surface area contributed by atoms with Gasteiger partial charge < -0.3 is 9.84 Å². The summed E-state index contributed by atoms with van der Waals surface area (Å²) in [7, 11) is 0. The molecule has 2 rings (SSSR count). The summed E-state index contributed by atoms with van der Waals surface area (Å²) in [6, 6.07) is 7.50. The number of nitrogens with zero attached hydrogens (tertiary/aromatic N) is 2. The summed E-state index contributed by atoms with van der Waals surface area (Å²) >= 11 is 6.21. The number of benzene rings is 1. The maximum atomic E-state index is 11.1. The molecule has 116 valence electrons. The van der Waals surface area contributed by atoms with Crippen LogP contribution in [0.1, 0.15) is 41.3 Å². The standard InChI is InChI=1S/C16H17ClN2O3/c1-3-13-11(9-10-7-5-6-8-12(10)17)15(22-4-2)19-14(18-13)16(20)21/h5-8H,3-4,9H2,1-2H3,(H,20,21). The highest BCUT2D eigenvalue weighted by Crippen LogP contribution is 2.26. The number of carbonyl (C=O) groups is 1. The van der Waals surface area contributed by atoms with Crippen molar-refractivity contribution in [3.63, 3.8) is 0 Å². The van der Waals surface area contributed by atoms with E-state index in [1.54, 1.807) is 0 Å². The van der Waals surface area contributed by atoms with Crippen molar-refractivity contribution < 1.29 is 14.6 Å². The van der Waals surface area contributed by atoms with E-state index in [1.807, 2.05) is 38.1 Å². The quantitative estimate of drug-likeness (QED) is 0.883. The monoisotopic (exact) mass is 320 g/mol. The van der Waals surface area contributed by atoms with Gasteiger partial charge in [-0.15, -0.1) is 0 Å². The Morgan fingerprint density at radius 2 is 2.00 bits per heavy atom. The molecular weight excluding hydrogens is 304 g/mol. The average molecular weight is 321 g/mol. The van der Waals surface area contributed by atoms with Crippen LogP contribution < -0.4 is 4.74 Å². The molecule has 0 spiro atoms. The first-order valence-corrected chi connectivity index (χ1v) is 7.43. The second-order valence-electron chi connectivity index (χ2n) is 4.64. The minimum absolute atomic E-state index is 0.247. The number of hydrogen-bond acceptors (Lipinski definition) is 4. The molecule has 0 unspecified atom stereocenters. The van der Waals surface area contributed by atoms with E-state index >= 15 is 0 Å². The molecule has 0 amide bonds. The van der Waals surface area contributed by atoms with Gasteiger partial charge in [0.1, 0.15) is 0 Å². The normalized spacial score (nSPS) is 10.5. The maximum Gasteiger partial charge on any atom is 0.374 e. The Balaban J connectivity index is 2.52. The average Bonchev–Trinajstić information content (AvgIpc) is 2.50. The highest BCUT2D eigenvalue weighted by atomic mass is 35.5. The van der Waals surface area contributed by atoms with E-state index in [4.69, 9.17) is 21.4 Å². The zero-order chi connectivity index (χ0) is 16.1. The third-order valence-electron chi connectivity index (χ3n) is 3.19. The van der Waals surface area contributed by atoms with E-state index in [9.17, 15) is 4.79 Å². The van der Waals surface area contributed by atoms with Crippen LogP contribution in [0, 0.1) is 0 Å². The van der Waals surface area contributed by atoms with Gasteiger partial charge >= 0.3 is 5.97 Å². The van der Waals surface area contributed by atoms with Crippen LogP contribution >= 0.6 is 11.6 Å². The second kappa shape index (κ2) is 7.22. The molecule has 0 atom stereocenters. The molecule has 0 saturated carbocycles. The number of ether oxygens (including phenoxy) is 1. The van der Waals surface area contributed by atoms with Crippen molar-refractivity contribution in [3.8, 4) is 5.88 Å². The fraction of sp³-hybridized carbons (Fsp3) is 0.312. The van der Waals surface area contributed by atoms with Crippen LogP contribution in [0.4, 0.5) is 0 Å². The van der Waals surface area contributed by atoms with Gasteiger partial charge in [-0.05, 0) is 25.0 Å². The van der Waals surface area contributed by atoms with Crippen LogP contribution in [0.2, 0.25) is 5.02 Å². The molecule has 2 aromatic rings. The number of carboxylic acids is 1. The van der Waals surface area contributed by atoms with Gasteiger partial charge in [0.25, 0.3) is 0 Å². The molecule has 0 saturated heterocycles. The number of aryl methyl sites for hydroxylation is 1. The van der Waals surface area contributed by atoms with Crippen molar-refractivity contribution in [2.45, 2.75) is 26.7 Å². The van der Waals surface area contributed by atoms with Gasteiger partial charge in [0, 0.05) is 17.0 Å². The summed E-state index contributed by atoms with van der Waals surface area (Å²) in [6.07, 6.45) is 1.08. The molecule has 1 N–H and O–H groups in total. The summed E-state index contributed by atoms with van der Waals surface area (Å²) in [5.74, 6) is -1.10. The largest absolute Gasteiger partial charge is 0.478 e. The first-order chi connectivity index (χ1) is 10.6. The molecule has 1 aromatic carbocycles. The van der Waals surface area contributed by atoms with Crippen molar-refractivity contribution >= 4 is 17.6 Å². The van der Waals surface area contributed by atoms with E-state index in [-0.39, 0.29) is 5.82 Å². The summed E-state index contributed by atoms with van der Waals surface area (Å²) in [4.78, 5) is 19.3. The Kier molecular flexibility index (Phi) is 5.33. The van der Waals surface area contributed by atoms with E-state index in [2.05, 4.69) is 9.97 Å². The van der Waals surface area contributed by atoms with Crippen LogP contribution in [-0.2, 0) is 12.8 Å². The molecule has 1 aromatic heterocycles. The molecule has 22 heavy (non-hydrogen) atoms. The summed E-state index contributed by atoms with van der Waals surface area (Å²) in [5.41, 5.74) is 2.37.